The van der Waals surface area contributed by atoms with Gasteiger partial charge in [0.2, 0.25) is 5.95 Å². The van der Waals surface area contributed by atoms with Crippen LogP contribution in [0.4, 0.5) is 24.8 Å². The summed E-state index contributed by atoms with van der Waals surface area (Å²) in [5.74, 6) is -0.111. The van der Waals surface area contributed by atoms with Crippen molar-refractivity contribution in [2.45, 2.75) is 38.3 Å². The molecule has 2 aromatic heterocycles. The molecule has 1 aromatic carbocycles. The summed E-state index contributed by atoms with van der Waals surface area (Å²) in [4.78, 5) is 25.4. The lowest BCUT2D eigenvalue weighted by molar-refractivity contribution is -0.143. The van der Waals surface area contributed by atoms with Gasteiger partial charge in [-0.2, -0.15) is 24.1 Å². The zero-order valence-corrected chi connectivity index (χ0v) is 18.9. The van der Waals surface area contributed by atoms with Gasteiger partial charge in [0.25, 0.3) is 5.91 Å². The number of benzene rings is 1. The lowest BCUT2D eigenvalue weighted by Gasteiger charge is -2.35. The Labute approximate surface area is 203 Å². The highest BCUT2D eigenvalue weighted by Gasteiger charge is 2.34. The molecule has 11 nitrogen and oxygen atoms in total. The fourth-order valence-electron chi connectivity index (χ4n) is 3.64. The maximum absolute atomic E-state index is 14.7. The molecule has 0 spiro atoms. The fourth-order valence-corrected chi connectivity index (χ4v) is 3.64. The van der Waals surface area contributed by atoms with Gasteiger partial charge in [0, 0.05) is 18.5 Å². The van der Waals surface area contributed by atoms with Crippen LogP contribution < -0.4 is 10.1 Å². The molecule has 1 amide bonds. The van der Waals surface area contributed by atoms with Crippen molar-refractivity contribution in [3.05, 3.63) is 42.5 Å². The van der Waals surface area contributed by atoms with E-state index in [1.165, 1.54) is 36.5 Å². The Morgan fingerprint density at radius 2 is 2.17 bits per heavy atom. The summed E-state index contributed by atoms with van der Waals surface area (Å²) >= 11 is 0. The highest BCUT2D eigenvalue weighted by Crippen LogP contribution is 2.28. The lowest BCUT2D eigenvalue weighted by Crippen LogP contribution is -2.51. The molecule has 0 bridgehead atoms. The van der Waals surface area contributed by atoms with Gasteiger partial charge < -0.3 is 20.1 Å². The van der Waals surface area contributed by atoms with Crippen LogP contribution in [0, 0.1) is 11.3 Å². The zero-order valence-electron chi connectivity index (χ0n) is 18.9. The number of anilines is 2. The second-order valence-electron chi connectivity index (χ2n) is 7.99. The zero-order chi connectivity index (χ0) is 25.8. The number of ether oxygens (including phenoxy) is 1. The van der Waals surface area contributed by atoms with Gasteiger partial charge in [0.15, 0.2) is 12.0 Å². The second-order valence-corrected chi connectivity index (χ2v) is 7.99. The van der Waals surface area contributed by atoms with Crippen LogP contribution in [-0.4, -0.2) is 72.1 Å². The van der Waals surface area contributed by atoms with E-state index in [2.05, 4.69) is 25.4 Å². The first-order valence-corrected chi connectivity index (χ1v) is 10.9. The van der Waals surface area contributed by atoms with Crippen molar-refractivity contribution in [3.63, 3.8) is 0 Å². The summed E-state index contributed by atoms with van der Waals surface area (Å²) in [5.41, 5.74) is 0.813. The molecule has 1 aliphatic heterocycles. The van der Waals surface area contributed by atoms with Crippen LogP contribution >= 0.6 is 0 Å². The minimum atomic E-state index is -2.79. The maximum atomic E-state index is 14.7. The van der Waals surface area contributed by atoms with E-state index in [1.54, 1.807) is 6.07 Å². The summed E-state index contributed by atoms with van der Waals surface area (Å²) in [6.07, 6.45) is 0.109. The molecular weight excluding hydrogens is 481 g/mol. The number of aliphatic hydroxyl groups is 1. The highest BCUT2D eigenvalue weighted by atomic mass is 19.3. The first-order valence-electron chi connectivity index (χ1n) is 10.9. The molecule has 1 unspecified atom stereocenters. The van der Waals surface area contributed by atoms with Crippen molar-refractivity contribution in [3.8, 4) is 23.2 Å². The molecule has 1 fully saturated rings. The van der Waals surface area contributed by atoms with Crippen molar-refractivity contribution < 1.29 is 27.8 Å². The SMILES string of the molecule is CC(O)C(=O)N1CC[C@H](Oc2ccc(-c3ncnc(Nc4cnn(C(F)F)c4)n3)cc2C#N)[C@H](F)C1. The number of likely N-dealkylation sites (tertiary alicyclic amines) is 1. The number of nitrogens with one attached hydrogen (secondary N) is 1. The van der Waals surface area contributed by atoms with Crippen LogP contribution in [0.2, 0.25) is 0 Å². The molecule has 2 N–H and O–H groups in total. The van der Waals surface area contributed by atoms with Crippen LogP contribution in [0.3, 0.4) is 0 Å². The molecule has 0 radical (unpaired) electrons. The number of nitriles is 1. The minimum Gasteiger partial charge on any atom is -0.486 e. The van der Waals surface area contributed by atoms with Crippen LogP contribution in [0.25, 0.3) is 11.4 Å². The highest BCUT2D eigenvalue weighted by molar-refractivity contribution is 5.80. The van der Waals surface area contributed by atoms with Crippen LogP contribution in [0.5, 0.6) is 5.75 Å². The number of carbonyl (C=O) groups is 1. The average Bonchev–Trinajstić information content (AvgIpc) is 3.34. The molecule has 36 heavy (non-hydrogen) atoms. The normalized spacial score (nSPS) is 18.5. The summed E-state index contributed by atoms with van der Waals surface area (Å²) in [7, 11) is 0. The number of halogens is 3. The molecule has 1 aliphatic rings. The van der Waals surface area contributed by atoms with E-state index in [9.17, 15) is 28.3 Å². The third-order valence-electron chi connectivity index (χ3n) is 5.42. The number of rotatable bonds is 7. The Kier molecular flexibility index (Phi) is 7.30. The Bertz CT molecular complexity index is 1280. The van der Waals surface area contributed by atoms with Crippen LogP contribution in [0.15, 0.2) is 36.9 Å². The summed E-state index contributed by atoms with van der Waals surface area (Å²) in [6, 6.07) is 6.57. The standard InChI is InChI=1S/C22H21F3N8O3/c1-12(34)20(35)32-5-4-18(16(23)10-32)36-17-3-2-13(6-14(17)7-26)19-27-11-28-22(31-19)30-15-8-29-33(9-15)21(24)25/h2-3,6,8-9,11-12,16,18,21,34H,4-5,10H2,1H3,(H,27,28,30,31)/t12?,16-,18+/m1/s1. The molecule has 3 heterocycles. The van der Waals surface area contributed by atoms with E-state index >= 15 is 0 Å². The van der Waals surface area contributed by atoms with Gasteiger partial charge in [-0.15, -0.1) is 0 Å². The lowest BCUT2D eigenvalue weighted by atomic mass is 10.0. The summed E-state index contributed by atoms with van der Waals surface area (Å²) < 4.78 is 46.3. The molecule has 188 valence electrons. The smallest absolute Gasteiger partial charge is 0.333 e. The predicted molar refractivity (Wildman–Crippen MR) is 119 cm³/mol. The molecule has 3 aromatic rings. The second kappa shape index (κ2) is 10.6. The van der Waals surface area contributed by atoms with Gasteiger partial charge in [-0.25, -0.2) is 19.0 Å². The molecule has 0 saturated carbocycles. The number of aromatic nitrogens is 5. The van der Waals surface area contributed by atoms with Gasteiger partial charge in [-0.3, -0.25) is 4.79 Å². The fraction of sp³-hybridized carbons (Fsp3) is 0.364. The largest absolute Gasteiger partial charge is 0.486 e. The van der Waals surface area contributed by atoms with Gasteiger partial charge in [0.1, 0.15) is 30.4 Å². The molecule has 4 rings (SSSR count). The Morgan fingerprint density at radius 1 is 1.36 bits per heavy atom. The van der Waals surface area contributed by atoms with Crippen LogP contribution in [-0.2, 0) is 4.79 Å². The van der Waals surface area contributed by atoms with Gasteiger partial charge >= 0.3 is 6.55 Å². The first kappa shape index (κ1) is 24.9. The third kappa shape index (κ3) is 5.52. The van der Waals surface area contributed by atoms with Gasteiger partial charge in [-0.05, 0) is 25.1 Å². The van der Waals surface area contributed by atoms with Crippen molar-refractivity contribution in [2.75, 3.05) is 18.4 Å². The number of carbonyl (C=O) groups excluding carboxylic acids is 1. The van der Waals surface area contributed by atoms with E-state index in [0.717, 1.165) is 6.20 Å². The number of piperidine rings is 1. The number of aliphatic hydroxyl groups excluding tert-OH is 1. The number of hydrogen-bond acceptors (Lipinski definition) is 9. The maximum Gasteiger partial charge on any atom is 0.333 e. The van der Waals surface area contributed by atoms with Crippen molar-refractivity contribution in [2.24, 2.45) is 0 Å². The average molecular weight is 502 g/mol. The van der Waals surface area contributed by atoms with E-state index in [1.807, 2.05) is 6.07 Å². The van der Waals surface area contributed by atoms with Crippen LogP contribution in [0.1, 0.15) is 25.5 Å². The van der Waals surface area contributed by atoms with E-state index in [-0.39, 0.29) is 48.3 Å². The molecule has 3 atom stereocenters. The Hall–Kier alpha value is -4.25. The molecule has 14 heteroatoms. The monoisotopic (exact) mass is 502 g/mol. The third-order valence-corrected chi connectivity index (χ3v) is 5.42. The number of amides is 1. The predicted octanol–water partition coefficient (Wildman–Crippen LogP) is 2.44. The van der Waals surface area contributed by atoms with E-state index in [0.29, 0.717) is 10.2 Å². The van der Waals surface area contributed by atoms with E-state index < -0.39 is 30.8 Å². The van der Waals surface area contributed by atoms with E-state index in [4.69, 9.17) is 4.74 Å². The Morgan fingerprint density at radius 3 is 2.83 bits per heavy atom. The number of alkyl halides is 3. The summed E-state index contributed by atoms with van der Waals surface area (Å²) in [5, 5.41) is 25.3. The van der Waals surface area contributed by atoms with Crippen molar-refractivity contribution in [1.82, 2.24) is 29.6 Å². The number of nitrogens with zero attached hydrogens (tertiary/aromatic N) is 7. The minimum absolute atomic E-state index is 0.0754. The Balaban J connectivity index is 1.47. The molecule has 1 saturated heterocycles. The molecular formula is C22H21F3N8O3. The number of hydrogen-bond donors (Lipinski definition) is 2. The molecule has 0 aliphatic carbocycles. The summed E-state index contributed by atoms with van der Waals surface area (Å²) in [6.45, 7) is -1.46. The van der Waals surface area contributed by atoms with Crippen molar-refractivity contribution in [1.29, 1.82) is 5.26 Å². The quantitative estimate of drug-likeness (QED) is 0.498. The van der Waals surface area contributed by atoms with Gasteiger partial charge in [-0.1, -0.05) is 0 Å². The topological polar surface area (TPSA) is 142 Å². The first-order chi connectivity index (χ1) is 17.2. The van der Waals surface area contributed by atoms with Gasteiger partial charge in [0.05, 0.1) is 30.2 Å². The van der Waals surface area contributed by atoms with Crippen molar-refractivity contribution >= 4 is 17.5 Å².